The zero-order valence-corrected chi connectivity index (χ0v) is 20.5. The number of carbonyl (C=O) groups is 3. The van der Waals surface area contributed by atoms with Gasteiger partial charge < -0.3 is 25.2 Å². The Labute approximate surface area is 201 Å². The normalized spacial score (nSPS) is 26.8. The highest BCUT2D eigenvalue weighted by atomic mass is 16.5. The van der Waals surface area contributed by atoms with Crippen molar-refractivity contribution in [2.24, 2.45) is 0 Å². The van der Waals surface area contributed by atoms with E-state index in [1.54, 1.807) is 7.11 Å². The molecule has 0 saturated carbocycles. The number of ether oxygens (including phenoxy) is 1. The first-order chi connectivity index (χ1) is 16.4. The summed E-state index contributed by atoms with van der Waals surface area (Å²) in [5.74, 6) is 0.0492. The monoisotopic (exact) mass is 471 g/mol. The third-order valence-electron chi connectivity index (χ3n) is 7.35. The van der Waals surface area contributed by atoms with Crippen LogP contribution in [0.25, 0.3) is 0 Å². The summed E-state index contributed by atoms with van der Waals surface area (Å²) >= 11 is 0. The van der Waals surface area contributed by atoms with Crippen LogP contribution >= 0.6 is 0 Å². The molecule has 3 heterocycles. The fraction of sp³-hybridized carbons (Fsp3) is 0.640. The van der Waals surface area contributed by atoms with E-state index in [-0.39, 0.29) is 41.9 Å². The highest BCUT2D eigenvalue weighted by molar-refractivity contribution is 5.95. The summed E-state index contributed by atoms with van der Waals surface area (Å²) < 4.78 is 5.27. The summed E-state index contributed by atoms with van der Waals surface area (Å²) in [5.41, 5.74) is 1.64. The lowest BCUT2D eigenvalue weighted by atomic mass is 10.0. The Morgan fingerprint density at radius 2 is 1.97 bits per heavy atom. The van der Waals surface area contributed by atoms with Gasteiger partial charge in [-0.05, 0) is 49.9 Å². The van der Waals surface area contributed by atoms with Crippen LogP contribution in [0.5, 0.6) is 0 Å². The standard InChI is InChI=1S/C25H37N5O4/c1-28(2)19-8-6-17(7-9-19)24(32)27-18-13-22-25(33)26-14-20(30(22)15-18)10-11-23(31)29-12-4-5-21(29)16-34-3/h6-9,18,20-22H,4-5,10-16H2,1-3H3,(H,26,33)(H,27,32). The number of nitrogens with zero attached hydrogens (tertiary/aromatic N) is 3. The second-order valence-electron chi connectivity index (χ2n) is 9.84. The first kappa shape index (κ1) is 24.5. The molecule has 4 atom stereocenters. The van der Waals surface area contributed by atoms with Crippen molar-refractivity contribution in [1.29, 1.82) is 0 Å². The molecule has 4 rings (SSSR count). The highest BCUT2D eigenvalue weighted by Crippen LogP contribution is 2.27. The van der Waals surface area contributed by atoms with Crippen LogP contribution < -0.4 is 15.5 Å². The van der Waals surface area contributed by atoms with Crippen LogP contribution in [-0.2, 0) is 14.3 Å². The van der Waals surface area contributed by atoms with Crippen molar-refractivity contribution in [3.63, 3.8) is 0 Å². The number of hydrogen-bond acceptors (Lipinski definition) is 6. The zero-order chi connectivity index (χ0) is 24.2. The quantitative estimate of drug-likeness (QED) is 0.584. The number of benzene rings is 1. The maximum absolute atomic E-state index is 12.9. The molecule has 1 aromatic carbocycles. The minimum absolute atomic E-state index is 0.00867. The lowest BCUT2D eigenvalue weighted by Gasteiger charge is -2.37. The number of rotatable bonds is 8. The van der Waals surface area contributed by atoms with Crippen molar-refractivity contribution in [3.8, 4) is 0 Å². The number of carbonyl (C=O) groups excluding carboxylic acids is 3. The lowest BCUT2D eigenvalue weighted by Crippen LogP contribution is -2.58. The molecule has 0 bridgehead atoms. The van der Waals surface area contributed by atoms with Crippen molar-refractivity contribution >= 4 is 23.4 Å². The molecule has 1 aromatic rings. The molecule has 0 radical (unpaired) electrons. The van der Waals surface area contributed by atoms with Crippen LogP contribution in [-0.4, -0.2) is 99.1 Å². The molecule has 3 aliphatic rings. The fourth-order valence-corrected chi connectivity index (χ4v) is 5.49. The van der Waals surface area contributed by atoms with E-state index in [4.69, 9.17) is 4.74 Å². The number of anilines is 1. The van der Waals surface area contributed by atoms with Gasteiger partial charge in [-0.1, -0.05) is 0 Å². The maximum Gasteiger partial charge on any atom is 0.251 e. The van der Waals surface area contributed by atoms with E-state index >= 15 is 0 Å². The molecule has 3 fully saturated rings. The molecule has 4 unspecified atom stereocenters. The SMILES string of the molecule is COCC1CCCN1C(=O)CCC1CNC(=O)C2CC(NC(=O)c3ccc(N(C)C)cc3)CN12. The van der Waals surface area contributed by atoms with Crippen LogP contribution in [0.3, 0.4) is 0 Å². The smallest absolute Gasteiger partial charge is 0.251 e. The largest absolute Gasteiger partial charge is 0.383 e. The molecule has 3 aliphatic heterocycles. The van der Waals surface area contributed by atoms with Crippen molar-refractivity contribution < 1.29 is 19.1 Å². The van der Waals surface area contributed by atoms with Gasteiger partial charge in [0.15, 0.2) is 0 Å². The Hall–Kier alpha value is -2.65. The number of piperazine rings is 1. The van der Waals surface area contributed by atoms with E-state index in [1.165, 1.54) is 0 Å². The predicted octanol–water partition coefficient (Wildman–Crippen LogP) is 0.841. The fourth-order valence-electron chi connectivity index (χ4n) is 5.49. The second kappa shape index (κ2) is 10.7. The van der Waals surface area contributed by atoms with Gasteiger partial charge in [0, 0.05) is 70.6 Å². The van der Waals surface area contributed by atoms with Gasteiger partial charge in [0.2, 0.25) is 11.8 Å². The predicted molar refractivity (Wildman–Crippen MR) is 130 cm³/mol. The molecule has 3 amide bonds. The number of methoxy groups -OCH3 is 1. The van der Waals surface area contributed by atoms with E-state index in [0.717, 1.165) is 25.1 Å². The number of nitrogens with one attached hydrogen (secondary N) is 2. The van der Waals surface area contributed by atoms with Crippen LogP contribution in [0, 0.1) is 0 Å². The van der Waals surface area contributed by atoms with Gasteiger partial charge in [-0.25, -0.2) is 0 Å². The minimum atomic E-state index is -0.261. The number of fused-ring (bicyclic) bond motifs is 1. The van der Waals surface area contributed by atoms with Crippen molar-refractivity contribution in [3.05, 3.63) is 29.8 Å². The van der Waals surface area contributed by atoms with E-state index in [0.29, 0.717) is 44.5 Å². The molecule has 34 heavy (non-hydrogen) atoms. The highest BCUT2D eigenvalue weighted by Gasteiger charge is 2.44. The Morgan fingerprint density at radius 3 is 2.68 bits per heavy atom. The van der Waals surface area contributed by atoms with E-state index < -0.39 is 0 Å². The first-order valence-corrected chi connectivity index (χ1v) is 12.3. The van der Waals surface area contributed by atoms with Gasteiger partial charge in [-0.3, -0.25) is 19.3 Å². The topological polar surface area (TPSA) is 94.2 Å². The molecule has 3 saturated heterocycles. The van der Waals surface area contributed by atoms with E-state index in [1.807, 2.05) is 48.2 Å². The summed E-state index contributed by atoms with van der Waals surface area (Å²) in [5, 5.41) is 6.11. The van der Waals surface area contributed by atoms with Crippen LogP contribution in [0.2, 0.25) is 0 Å². The lowest BCUT2D eigenvalue weighted by molar-refractivity contribution is -0.133. The third kappa shape index (κ3) is 5.36. The summed E-state index contributed by atoms with van der Waals surface area (Å²) in [6.07, 6.45) is 3.75. The summed E-state index contributed by atoms with van der Waals surface area (Å²) in [4.78, 5) is 44.3. The van der Waals surface area contributed by atoms with Crippen molar-refractivity contribution in [1.82, 2.24) is 20.4 Å². The Kier molecular flexibility index (Phi) is 7.73. The van der Waals surface area contributed by atoms with Crippen LogP contribution in [0.15, 0.2) is 24.3 Å². The van der Waals surface area contributed by atoms with Crippen LogP contribution in [0.4, 0.5) is 5.69 Å². The van der Waals surface area contributed by atoms with Gasteiger partial charge in [0.05, 0.1) is 18.7 Å². The van der Waals surface area contributed by atoms with Crippen molar-refractivity contribution in [2.75, 3.05) is 52.3 Å². The second-order valence-corrected chi connectivity index (χ2v) is 9.84. The Balaban J connectivity index is 1.33. The van der Waals surface area contributed by atoms with Gasteiger partial charge in [0.25, 0.3) is 5.91 Å². The van der Waals surface area contributed by atoms with Crippen molar-refractivity contribution in [2.45, 2.75) is 56.3 Å². The Morgan fingerprint density at radius 1 is 1.21 bits per heavy atom. The molecular formula is C25H37N5O4. The molecule has 9 nitrogen and oxygen atoms in total. The van der Waals surface area contributed by atoms with Gasteiger partial charge in [-0.15, -0.1) is 0 Å². The molecular weight excluding hydrogens is 434 g/mol. The minimum Gasteiger partial charge on any atom is -0.383 e. The summed E-state index contributed by atoms with van der Waals surface area (Å²) in [6, 6.07) is 7.40. The molecule has 2 N–H and O–H groups in total. The average molecular weight is 472 g/mol. The first-order valence-electron chi connectivity index (χ1n) is 12.3. The molecule has 9 heteroatoms. The molecule has 0 spiro atoms. The third-order valence-corrected chi connectivity index (χ3v) is 7.35. The van der Waals surface area contributed by atoms with Gasteiger partial charge in [0.1, 0.15) is 0 Å². The van der Waals surface area contributed by atoms with Gasteiger partial charge >= 0.3 is 0 Å². The zero-order valence-electron chi connectivity index (χ0n) is 20.5. The average Bonchev–Trinajstić information content (AvgIpc) is 3.46. The maximum atomic E-state index is 12.9. The van der Waals surface area contributed by atoms with E-state index in [2.05, 4.69) is 15.5 Å². The Bertz CT molecular complexity index is 890. The molecule has 186 valence electrons. The molecule has 0 aliphatic carbocycles. The van der Waals surface area contributed by atoms with E-state index in [9.17, 15) is 14.4 Å². The van der Waals surface area contributed by atoms with Crippen LogP contribution in [0.1, 0.15) is 42.5 Å². The molecule has 0 aromatic heterocycles. The summed E-state index contributed by atoms with van der Waals surface area (Å²) in [6.45, 7) is 2.54. The number of amides is 3. The number of likely N-dealkylation sites (tertiary alicyclic amines) is 1. The van der Waals surface area contributed by atoms with Gasteiger partial charge in [-0.2, -0.15) is 0 Å². The number of hydrogen-bond donors (Lipinski definition) is 2. The summed E-state index contributed by atoms with van der Waals surface area (Å²) in [7, 11) is 5.59.